The summed E-state index contributed by atoms with van der Waals surface area (Å²) in [6, 6.07) is 0. The number of nitro groups is 1. The van der Waals surface area contributed by atoms with E-state index in [1.807, 2.05) is 0 Å². The Balaban J connectivity index is -0.0000000309. The zero-order valence-corrected chi connectivity index (χ0v) is 14.7. The van der Waals surface area contributed by atoms with Crippen LogP contribution in [-0.4, -0.2) is 27.2 Å². The van der Waals surface area contributed by atoms with E-state index in [4.69, 9.17) is 76.8 Å². The summed E-state index contributed by atoms with van der Waals surface area (Å²) in [5, 5.41) is 73.9. The molecule has 0 bridgehead atoms. The quantitative estimate of drug-likeness (QED) is 0.118. The summed E-state index contributed by atoms with van der Waals surface area (Å²) in [5.74, 6) is -0.333. The van der Waals surface area contributed by atoms with Crippen molar-refractivity contribution in [2.45, 2.75) is 0 Å². The minimum atomic E-state index is -1.75. The summed E-state index contributed by atoms with van der Waals surface area (Å²) >= 11 is 0.0710. The van der Waals surface area contributed by atoms with Crippen LogP contribution in [0, 0.1) is 117 Å². The second kappa shape index (κ2) is 37.2. The fourth-order valence-electron chi connectivity index (χ4n) is 0. The fraction of sp³-hybridized carbons (Fsp3) is 0. The zero-order chi connectivity index (χ0) is 21.5. The van der Waals surface area contributed by atoms with Crippen LogP contribution in [0.5, 0.6) is 0 Å². The van der Waals surface area contributed by atoms with Gasteiger partial charge in [-0.1, -0.05) is 0 Å². The van der Waals surface area contributed by atoms with Crippen LogP contribution in [0.15, 0.2) is 0 Å². The van der Waals surface area contributed by atoms with E-state index in [-0.39, 0.29) is 53.0 Å². The van der Waals surface area contributed by atoms with Crippen molar-refractivity contribution in [3.05, 3.63) is 71.4 Å². The molecule has 9 N–H and O–H groups in total. The maximum absolute atomic E-state index is 8.87. The molecular weight excluding hydrogens is 502 g/mol. The van der Waals surface area contributed by atoms with Gasteiger partial charge in [-0.05, 0) is 0 Å². The zero-order valence-electron chi connectivity index (χ0n) is 11.6. The van der Waals surface area contributed by atoms with Crippen LogP contribution in [0.2, 0.25) is 0 Å². The Morgan fingerprint density at radius 1 is 0.640 bits per heavy atom. The van der Waals surface area contributed by atoms with Crippen molar-refractivity contribution in [3.63, 3.8) is 0 Å². The summed E-state index contributed by atoms with van der Waals surface area (Å²) in [5.41, 5.74) is 8.94. The van der Waals surface area contributed by atoms with Gasteiger partial charge in [-0.15, -0.1) is 0 Å². The van der Waals surface area contributed by atoms with Crippen LogP contribution >= 0.6 is 0 Å². The Hall–Kier alpha value is -3.19. The van der Waals surface area contributed by atoms with Crippen molar-refractivity contribution in [1.82, 2.24) is 6.15 Å². The smallest absolute Gasteiger partial charge is 0.0689 e. The molecular formula is CH9CeN9O14. The molecule has 0 unspecified atom stereocenters. The molecule has 0 aliphatic heterocycles. The first-order valence-electron chi connectivity index (χ1n) is 3.61. The van der Waals surface area contributed by atoms with E-state index in [0.717, 1.165) is 0 Å². The van der Waals surface area contributed by atoms with Crippen LogP contribution in [0.25, 0.3) is 0 Å². The fourth-order valence-corrected chi connectivity index (χ4v) is 0. The minimum absolute atomic E-state index is 0. The molecule has 0 radical (unpaired) electrons. The molecule has 0 aromatic rings. The van der Waals surface area contributed by atoms with Crippen molar-refractivity contribution in [1.29, 1.82) is 5.41 Å². The van der Waals surface area contributed by atoms with Gasteiger partial charge in [0, 0.05) is 0 Å². The molecule has 0 spiro atoms. The van der Waals surface area contributed by atoms with Gasteiger partial charge < -0.3 is 78.9 Å². The number of guanidine groups is 1. The maximum Gasteiger partial charge on any atom is 0.0689 e. The van der Waals surface area contributed by atoms with E-state index in [9.17, 15) is 0 Å². The summed E-state index contributed by atoms with van der Waals surface area (Å²) in [4.78, 5) is 41.9. The van der Waals surface area contributed by atoms with Crippen LogP contribution in [0.3, 0.4) is 0 Å². The molecule has 0 aromatic heterocycles. The predicted octanol–water partition coefficient (Wildman–Crippen LogP) is -2.01. The molecule has 0 amide bonds. The van der Waals surface area contributed by atoms with Crippen molar-refractivity contribution in [2.24, 2.45) is 11.5 Å². The van der Waals surface area contributed by atoms with E-state index in [0.29, 0.717) is 0 Å². The van der Waals surface area contributed by atoms with Crippen molar-refractivity contribution in [3.8, 4) is 0 Å². The van der Waals surface area contributed by atoms with Gasteiger partial charge in [-0.25, -0.2) is 0 Å². The average Bonchev–Trinajstić information content (AvgIpc) is 2.08. The van der Waals surface area contributed by atoms with E-state index < -0.39 is 20.3 Å². The van der Waals surface area contributed by atoms with E-state index >= 15 is 0 Å². The van der Waals surface area contributed by atoms with Crippen LogP contribution < -0.4 is 17.6 Å². The molecule has 0 saturated carbocycles. The third-order valence-corrected chi connectivity index (χ3v) is 0. The molecule has 0 saturated heterocycles. The van der Waals surface area contributed by atoms with Crippen LogP contribution in [-0.2, 0) is 0 Å². The SMILES string of the molecule is N=C(N)N.O=[N+]([O-])[Ce+3].O=[N+]([O-])[O-].O=[N+]([O-])[O-].O=[N+]([O-])[O-].O=[N+]([O-])[O-].[NH4+]. The molecule has 25 heavy (non-hydrogen) atoms. The Morgan fingerprint density at radius 2 is 0.640 bits per heavy atom. The molecule has 0 heterocycles. The third-order valence-electron chi connectivity index (χ3n) is 0. The number of hydrogen-bond donors (Lipinski definition) is 4. The van der Waals surface area contributed by atoms with Gasteiger partial charge in [0.25, 0.3) is 0 Å². The second-order valence-corrected chi connectivity index (χ2v) is 2.75. The maximum atomic E-state index is 8.87. The summed E-state index contributed by atoms with van der Waals surface area (Å²) in [6.07, 6.45) is 0. The monoisotopic (exact) mass is 511 g/mol. The Morgan fingerprint density at radius 3 is 0.640 bits per heavy atom. The molecule has 24 heteroatoms. The molecule has 0 fully saturated rings. The number of quaternary nitrogens is 1. The molecule has 23 nitrogen and oxygen atoms in total. The first-order chi connectivity index (χ1) is 10.4. The first-order valence-corrected chi connectivity index (χ1v) is 5.01. The van der Waals surface area contributed by atoms with Crippen LogP contribution in [0.4, 0.5) is 0 Å². The van der Waals surface area contributed by atoms with Gasteiger partial charge in [0.05, 0.1) is 20.3 Å². The molecule has 0 aliphatic rings. The van der Waals surface area contributed by atoms with Gasteiger partial charge in [-0.3, -0.25) is 5.41 Å². The standard InChI is InChI=1S/CH5N3.Ce.4NO3.NO2.H3N/c2-1(3)4;;4*2-1(3)4;2-1-3;/h(H5,2,3,4);;;;;;;1H3/q;+3;4*-1;;/p+1. The predicted molar refractivity (Wildman–Crippen MR) is 70.5 cm³/mol. The van der Waals surface area contributed by atoms with E-state index in [1.54, 1.807) is 0 Å². The molecule has 0 aromatic carbocycles. The Bertz CT molecular complexity index is 265. The van der Waals surface area contributed by atoms with Crippen molar-refractivity contribution >= 4 is 5.96 Å². The second-order valence-electron chi connectivity index (χ2n) is 1.61. The number of nitrogens with two attached hydrogens (primary N) is 2. The van der Waals surface area contributed by atoms with Crippen molar-refractivity contribution in [2.75, 3.05) is 0 Å². The Labute approximate surface area is 161 Å². The number of nitrogens with one attached hydrogen (secondary N) is 1. The molecule has 0 rings (SSSR count). The van der Waals surface area contributed by atoms with Gasteiger partial charge >= 0.3 is 51.0 Å². The first kappa shape index (κ1) is 43.1. The Kier molecular flexibility index (Phi) is 64.1. The minimum Gasteiger partial charge on any atom is -0.369 e. The number of hydrogen-bond acceptors (Lipinski definition) is 15. The summed E-state index contributed by atoms with van der Waals surface area (Å²) in [6.45, 7) is 0. The van der Waals surface area contributed by atoms with E-state index in [2.05, 4.69) is 11.5 Å². The number of nitrogens with zero attached hydrogens (tertiary/aromatic N) is 5. The summed E-state index contributed by atoms with van der Waals surface area (Å²) < 4.78 is -0.361. The van der Waals surface area contributed by atoms with Crippen LogP contribution in [0.1, 0.15) is 0 Å². The molecule has 146 valence electrons. The van der Waals surface area contributed by atoms with Gasteiger partial charge in [0.15, 0.2) is 5.96 Å². The topological polar surface area (TPSA) is 420 Å². The number of rotatable bonds is 0. The molecule has 0 aliphatic carbocycles. The third kappa shape index (κ3) is 722. The van der Waals surface area contributed by atoms with Gasteiger partial charge in [-0.2, -0.15) is 0 Å². The van der Waals surface area contributed by atoms with Crippen molar-refractivity contribution < 1.29 is 61.3 Å². The normalized spacial score (nSPS) is 5.84. The summed E-state index contributed by atoms with van der Waals surface area (Å²) in [7, 11) is 0. The largest absolute Gasteiger partial charge is 0.369 e. The van der Waals surface area contributed by atoms with E-state index in [1.165, 1.54) is 0 Å². The van der Waals surface area contributed by atoms with Gasteiger partial charge in [0.2, 0.25) is 0 Å². The average molecular weight is 511 g/mol. The molecule has 0 atom stereocenters. The van der Waals surface area contributed by atoms with Gasteiger partial charge in [0.1, 0.15) is 0 Å².